The molecule has 0 aliphatic rings. The van der Waals surface area contributed by atoms with Crippen LogP contribution < -0.4 is 4.74 Å². The third-order valence-electron chi connectivity index (χ3n) is 1.96. The van der Waals surface area contributed by atoms with Crippen LogP contribution in [0.5, 0.6) is 11.8 Å². The number of hydrogen-bond donors (Lipinski definition) is 0. The van der Waals surface area contributed by atoms with E-state index in [1.54, 1.807) is 18.5 Å². The Morgan fingerprint density at radius 2 is 1.94 bits per heavy atom. The van der Waals surface area contributed by atoms with Crippen molar-refractivity contribution in [2.75, 3.05) is 0 Å². The van der Waals surface area contributed by atoms with Crippen LogP contribution in [0.15, 0.2) is 22.9 Å². The second-order valence-electron chi connectivity index (χ2n) is 3.21. The van der Waals surface area contributed by atoms with Gasteiger partial charge in [-0.05, 0) is 35.8 Å². The largest absolute Gasteiger partial charge is 0.422 e. The molecule has 0 N–H and O–H groups in total. The number of hydrogen-bond acceptors (Lipinski definition) is 5. The molecule has 0 aromatic carbocycles. The molecule has 0 amide bonds. The second-order valence-corrected chi connectivity index (χ2v) is 4.12. The fourth-order valence-electron chi connectivity index (χ4n) is 1.03. The molecule has 0 fully saturated rings. The van der Waals surface area contributed by atoms with Crippen LogP contribution in [-0.4, -0.2) is 20.2 Å². The Kier molecular flexibility index (Phi) is 3.09. The van der Waals surface area contributed by atoms with E-state index in [1.807, 2.05) is 13.8 Å². The highest BCUT2D eigenvalue weighted by Crippen LogP contribution is 2.20. The number of aromatic nitrogens is 4. The Balaban J connectivity index is 2.24. The van der Waals surface area contributed by atoms with Gasteiger partial charge < -0.3 is 4.74 Å². The summed E-state index contributed by atoms with van der Waals surface area (Å²) < 4.78 is 6.25. The first-order chi connectivity index (χ1) is 7.65. The van der Waals surface area contributed by atoms with Gasteiger partial charge in [-0.1, -0.05) is 5.10 Å². The molecule has 2 aromatic heterocycles. The van der Waals surface area contributed by atoms with Gasteiger partial charge >= 0.3 is 6.01 Å². The topological polar surface area (TPSA) is 60.8 Å². The predicted octanol–water partition coefficient (Wildman–Crippen LogP) is 2.44. The quantitative estimate of drug-likeness (QED) is 0.846. The summed E-state index contributed by atoms with van der Waals surface area (Å²) in [5.74, 6) is 0.569. The Hall–Kier alpha value is -1.56. The lowest BCUT2D eigenvalue weighted by Gasteiger charge is -2.04. The number of nitrogens with zero attached hydrogens (tertiary/aromatic N) is 4. The minimum absolute atomic E-state index is 0.225. The molecule has 6 heteroatoms. The van der Waals surface area contributed by atoms with Crippen molar-refractivity contribution in [2.45, 2.75) is 13.8 Å². The molecule has 2 rings (SSSR count). The maximum Gasteiger partial charge on any atom is 0.341 e. The van der Waals surface area contributed by atoms with Gasteiger partial charge in [0, 0.05) is 10.7 Å². The molecule has 0 radical (unpaired) electrons. The first-order valence-electron chi connectivity index (χ1n) is 4.61. The van der Waals surface area contributed by atoms with E-state index in [0.717, 1.165) is 15.9 Å². The molecule has 2 heterocycles. The van der Waals surface area contributed by atoms with Gasteiger partial charge in [0.1, 0.15) is 0 Å². The van der Waals surface area contributed by atoms with Crippen molar-refractivity contribution in [3.8, 4) is 11.8 Å². The molecular weight excluding hydrogens is 272 g/mol. The average molecular weight is 281 g/mol. The average Bonchev–Trinajstić information content (AvgIpc) is 2.24. The second kappa shape index (κ2) is 4.52. The maximum atomic E-state index is 5.42. The van der Waals surface area contributed by atoms with Crippen molar-refractivity contribution >= 4 is 15.9 Å². The van der Waals surface area contributed by atoms with E-state index in [-0.39, 0.29) is 6.01 Å². The molecule has 82 valence electrons. The molecule has 0 spiro atoms. The summed E-state index contributed by atoms with van der Waals surface area (Å²) in [6, 6.07) is 2.01. The smallest absolute Gasteiger partial charge is 0.341 e. The van der Waals surface area contributed by atoms with Crippen molar-refractivity contribution < 1.29 is 4.74 Å². The van der Waals surface area contributed by atoms with Crippen LogP contribution >= 0.6 is 15.9 Å². The van der Waals surface area contributed by atoms with E-state index < -0.39 is 0 Å². The molecular formula is C10H9BrN4O. The van der Waals surface area contributed by atoms with Crippen LogP contribution in [0.1, 0.15) is 11.4 Å². The zero-order valence-corrected chi connectivity index (χ0v) is 10.4. The fraction of sp³-hybridized carbons (Fsp3) is 0.200. The molecule has 5 nitrogen and oxygen atoms in total. The van der Waals surface area contributed by atoms with Crippen LogP contribution in [0, 0.1) is 13.8 Å². The molecule has 0 bridgehead atoms. The van der Waals surface area contributed by atoms with Crippen LogP contribution in [0.2, 0.25) is 0 Å². The van der Waals surface area contributed by atoms with Crippen molar-refractivity contribution in [3.05, 3.63) is 34.3 Å². The standard InChI is InChI=1S/C10H9BrN4O/c1-6-7(2)14-15-10(13-6)16-9-3-8(11)4-12-5-9/h3-5H,1-2H3. The van der Waals surface area contributed by atoms with E-state index in [0.29, 0.717) is 5.75 Å². The molecule has 0 atom stereocenters. The lowest BCUT2D eigenvalue weighted by Crippen LogP contribution is -1.99. The Morgan fingerprint density at radius 1 is 1.12 bits per heavy atom. The zero-order chi connectivity index (χ0) is 11.5. The summed E-state index contributed by atoms with van der Waals surface area (Å²) in [6.45, 7) is 3.70. The van der Waals surface area contributed by atoms with Crippen molar-refractivity contribution in [2.24, 2.45) is 0 Å². The molecule has 2 aromatic rings. The molecule has 0 aliphatic carbocycles. The highest BCUT2D eigenvalue weighted by atomic mass is 79.9. The highest BCUT2D eigenvalue weighted by Gasteiger charge is 2.04. The maximum absolute atomic E-state index is 5.42. The van der Waals surface area contributed by atoms with Gasteiger partial charge in [-0.3, -0.25) is 4.98 Å². The van der Waals surface area contributed by atoms with E-state index in [2.05, 4.69) is 36.1 Å². The van der Waals surface area contributed by atoms with Gasteiger partial charge in [0.05, 0.1) is 17.6 Å². The number of aryl methyl sites for hydroxylation is 2. The minimum atomic E-state index is 0.225. The first kappa shape index (κ1) is 10.9. The van der Waals surface area contributed by atoms with Crippen molar-refractivity contribution in [1.29, 1.82) is 0 Å². The van der Waals surface area contributed by atoms with Gasteiger partial charge in [0.25, 0.3) is 0 Å². The van der Waals surface area contributed by atoms with Crippen LogP contribution in [-0.2, 0) is 0 Å². The normalized spacial score (nSPS) is 10.2. The Morgan fingerprint density at radius 3 is 2.62 bits per heavy atom. The predicted molar refractivity (Wildman–Crippen MR) is 61.3 cm³/mol. The summed E-state index contributed by atoms with van der Waals surface area (Å²) in [5, 5.41) is 7.77. The minimum Gasteiger partial charge on any atom is -0.422 e. The van der Waals surface area contributed by atoms with Crippen LogP contribution in [0.25, 0.3) is 0 Å². The lowest BCUT2D eigenvalue weighted by atomic mass is 10.4. The van der Waals surface area contributed by atoms with Gasteiger partial charge in [0.2, 0.25) is 0 Å². The summed E-state index contributed by atoms with van der Waals surface area (Å²) in [4.78, 5) is 8.13. The molecule has 0 saturated heterocycles. The molecule has 0 unspecified atom stereocenters. The molecule has 0 aliphatic heterocycles. The van der Waals surface area contributed by atoms with E-state index in [4.69, 9.17) is 4.74 Å². The van der Waals surface area contributed by atoms with Crippen LogP contribution in [0.4, 0.5) is 0 Å². The van der Waals surface area contributed by atoms with Gasteiger partial charge in [-0.25, -0.2) is 0 Å². The third-order valence-corrected chi connectivity index (χ3v) is 2.40. The first-order valence-corrected chi connectivity index (χ1v) is 5.41. The summed E-state index contributed by atoms with van der Waals surface area (Å²) in [7, 11) is 0. The van der Waals surface area contributed by atoms with E-state index >= 15 is 0 Å². The summed E-state index contributed by atoms with van der Waals surface area (Å²) in [6.07, 6.45) is 3.26. The molecule has 0 saturated carbocycles. The zero-order valence-electron chi connectivity index (χ0n) is 8.81. The Bertz CT molecular complexity index is 518. The molecule has 16 heavy (non-hydrogen) atoms. The van der Waals surface area contributed by atoms with Gasteiger partial charge in [0.15, 0.2) is 5.75 Å². The fourth-order valence-corrected chi connectivity index (χ4v) is 1.38. The summed E-state index contributed by atoms with van der Waals surface area (Å²) in [5.41, 5.74) is 1.59. The third kappa shape index (κ3) is 2.52. The van der Waals surface area contributed by atoms with Gasteiger partial charge in [-0.2, -0.15) is 4.98 Å². The highest BCUT2D eigenvalue weighted by molar-refractivity contribution is 9.10. The lowest BCUT2D eigenvalue weighted by molar-refractivity contribution is 0.428. The summed E-state index contributed by atoms with van der Waals surface area (Å²) >= 11 is 3.30. The monoisotopic (exact) mass is 280 g/mol. The van der Waals surface area contributed by atoms with E-state index in [9.17, 15) is 0 Å². The van der Waals surface area contributed by atoms with Gasteiger partial charge in [-0.15, -0.1) is 5.10 Å². The number of pyridine rings is 1. The Labute approximate surface area is 101 Å². The number of halogens is 1. The number of ether oxygens (including phenoxy) is 1. The van der Waals surface area contributed by atoms with Crippen LogP contribution in [0.3, 0.4) is 0 Å². The van der Waals surface area contributed by atoms with E-state index in [1.165, 1.54) is 0 Å². The van der Waals surface area contributed by atoms with Crippen molar-refractivity contribution in [1.82, 2.24) is 20.2 Å². The number of rotatable bonds is 2. The van der Waals surface area contributed by atoms with Crippen molar-refractivity contribution in [3.63, 3.8) is 0 Å². The SMILES string of the molecule is Cc1nnc(Oc2cncc(Br)c2)nc1C.